The van der Waals surface area contributed by atoms with E-state index in [2.05, 4.69) is 5.32 Å². The summed E-state index contributed by atoms with van der Waals surface area (Å²) in [6, 6.07) is 11.7. The zero-order valence-corrected chi connectivity index (χ0v) is 19.1. The van der Waals surface area contributed by atoms with Gasteiger partial charge in [0.05, 0.1) is 24.1 Å². The molecule has 2 aromatic carbocycles. The summed E-state index contributed by atoms with van der Waals surface area (Å²) < 4.78 is 10.5. The summed E-state index contributed by atoms with van der Waals surface area (Å²) in [7, 11) is 1.45. The minimum Gasteiger partial charge on any atom is -0.495 e. The number of halogens is 1. The van der Waals surface area contributed by atoms with Crippen LogP contribution in [0.25, 0.3) is 11.0 Å². The fourth-order valence-electron chi connectivity index (χ4n) is 3.20. The zero-order valence-electron chi connectivity index (χ0n) is 17.5. The van der Waals surface area contributed by atoms with Crippen LogP contribution >= 0.6 is 23.4 Å². The Morgan fingerprint density at radius 1 is 1.25 bits per heavy atom. The molecule has 1 aromatic heterocycles. The number of carboxylic acids is 1. The average Bonchev–Trinajstić information content (AvgIpc) is 2.77. The molecule has 1 heterocycles. The van der Waals surface area contributed by atoms with Crippen molar-refractivity contribution in [2.24, 2.45) is 0 Å². The second-order valence-corrected chi connectivity index (χ2v) is 8.55. The number of fused-ring (bicyclic) bond motifs is 1. The van der Waals surface area contributed by atoms with Gasteiger partial charge in [0.1, 0.15) is 17.4 Å². The maximum Gasteiger partial charge on any atom is 0.340 e. The maximum absolute atomic E-state index is 12.6. The molecule has 0 aliphatic rings. The molecule has 9 heteroatoms. The van der Waals surface area contributed by atoms with Crippen molar-refractivity contribution in [2.45, 2.75) is 25.1 Å². The molecule has 0 saturated carbocycles. The summed E-state index contributed by atoms with van der Waals surface area (Å²) in [5, 5.41) is 12.9. The number of rotatable bonds is 9. The van der Waals surface area contributed by atoms with Crippen molar-refractivity contribution in [3.05, 3.63) is 74.6 Å². The van der Waals surface area contributed by atoms with Crippen LogP contribution in [0, 0.1) is 6.92 Å². The standard InChI is InChI=1S/C23H22ClNO6S/c1-13-15-8-17(24)20(30-2)10-19(15)31-23(29)16(13)9-21(26)25-18(22(27)28)12-32-11-14-6-4-3-5-7-14/h3-8,10,18H,9,11-12H2,1-2H3,(H,25,26)(H,27,28). The third kappa shape index (κ3) is 5.63. The fourth-order valence-corrected chi connectivity index (χ4v) is 4.45. The Kier molecular flexibility index (Phi) is 7.82. The second-order valence-electron chi connectivity index (χ2n) is 7.11. The molecule has 7 nitrogen and oxygen atoms in total. The summed E-state index contributed by atoms with van der Waals surface area (Å²) in [5.74, 6) is -0.536. The first-order valence-corrected chi connectivity index (χ1v) is 11.3. The van der Waals surface area contributed by atoms with E-state index in [4.69, 9.17) is 20.8 Å². The van der Waals surface area contributed by atoms with Gasteiger partial charge in [0.2, 0.25) is 5.91 Å². The zero-order chi connectivity index (χ0) is 23.3. The molecule has 0 fully saturated rings. The highest BCUT2D eigenvalue weighted by Crippen LogP contribution is 2.31. The van der Waals surface area contributed by atoms with Crippen molar-refractivity contribution in [1.29, 1.82) is 0 Å². The Labute approximate surface area is 193 Å². The lowest BCUT2D eigenvalue weighted by atomic mass is 10.0. The fraction of sp³-hybridized carbons (Fsp3) is 0.261. The van der Waals surface area contributed by atoms with E-state index in [1.807, 2.05) is 30.3 Å². The Hall–Kier alpha value is -2.97. The Morgan fingerprint density at radius 3 is 2.62 bits per heavy atom. The van der Waals surface area contributed by atoms with Crippen molar-refractivity contribution in [3.8, 4) is 5.75 Å². The van der Waals surface area contributed by atoms with Crippen LogP contribution in [-0.2, 0) is 21.8 Å². The van der Waals surface area contributed by atoms with E-state index in [1.54, 1.807) is 13.0 Å². The van der Waals surface area contributed by atoms with Crippen LogP contribution in [0.15, 0.2) is 51.7 Å². The van der Waals surface area contributed by atoms with E-state index >= 15 is 0 Å². The lowest BCUT2D eigenvalue weighted by molar-refractivity contribution is -0.141. The molecule has 0 radical (unpaired) electrons. The van der Waals surface area contributed by atoms with Gasteiger partial charge in [-0.1, -0.05) is 41.9 Å². The summed E-state index contributed by atoms with van der Waals surface area (Å²) in [6.45, 7) is 1.69. The van der Waals surface area contributed by atoms with Crippen molar-refractivity contribution >= 4 is 46.2 Å². The first-order chi connectivity index (χ1) is 15.3. The quantitative estimate of drug-likeness (QED) is 0.453. The van der Waals surface area contributed by atoms with Gasteiger partial charge in [-0.3, -0.25) is 4.79 Å². The highest BCUT2D eigenvalue weighted by atomic mass is 35.5. The molecule has 1 unspecified atom stereocenters. The van der Waals surface area contributed by atoms with Gasteiger partial charge >= 0.3 is 11.6 Å². The van der Waals surface area contributed by atoms with Crippen LogP contribution in [0.4, 0.5) is 0 Å². The molecule has 168 valence electrons. The molecule has 0 saturated heterocycles. The third-order valence-corrected chi connectivity index (χ3v) is 6.33. The van der Waals surface area contributed by atoms with E-state index in [-0.39, 0.29) is 17.7 Å². The predicted molar refractivity (Wildman–Crippen MR) is 125 cm³/mol. The molecule has 3 rings (SSSR count). The number of benzene rings is 2. The number of methoxy groups -OCH3 is 1. The number of nitrogens with one attached hydrogen (secondary N) is 1. The number of hydrogen-bond acceptors (Lipinski definition) is 6. The Balaban J connectivity index is 1.72. The summed E-state index contributed by atoms with van der Waals surface area (Å²) in [4.78, 5) is 36.6. The van der Waals surface area contributed by atoms with E-state index in [1.165, 1.54) is 24.9 Å². The average molecular weight is 476 g/mol. The van der Waals surface area contributed by atoms with Gasteiger partial charge in [0.25, 0.3) is 0 Å². The van der Waals surface area contributed by atoms with Crippen molar-refractivity contribution in [1.82, 2.24) is 5.32 Å². The molecular weight excluding hydrogens is 454 g/mol. The Bertz CT molecular complexity index is 1190. The highest BCUT2D eigenvalue weighted by Gasteiger charge is 2.22. The van der Waals surface area contributed by atoms with Crippen LogP contribution in [0.2, 0.25) is 5.02 Å². The van der Waals surface area contributed by atoms with E-state index in [9.17, 15) is 19.5 Å². The number of carbonyl (C=O) groups excluding carboxylic acids is 1. The molecule has 0 bridgehead atoms. The smallest absolute Gasteiger partial charge is 0.340 e. The monoisotopic (exact) mass is 475 g/mol. The van der Waals surface area contributed by atoms with Crippen LogP contribution in [0.1, 0.15) is 16.7 Å². The van der Waals surface area contributed by atoms with Gasteiger partial charge in [-0.2, -0.15) is 11.8 Å². The normalized spacial score (nSPS) is 11.8. The summed E-state index contributed by atoms with van der Waals surface area (Å²) in [6.07, 6.45) is -0.305. The third-order valence-electron chi connectivity index (χ3n) is 4.93. The maximum atomic E-state index is 12.6. The molecule has 2 N–H and O–H groups in total. The number of amides is 1. The van der Waals surface area contributed by atoms with Crippen LogP contribution in [0.3, 0.4) is 0 Å². The topological polar surface area (TPSA) is 106 Å². The highest BCUT2D eigenvalue weighted by molar-refractivity contribution is 7.98. The number of carboxylic acid groups (broad SMARTS) is 1. The van der Waals surface area contributed by atoms with Gasteiger partial charge < -0.3 is 19.6 Å². The van der Waals surface area contributed by atoms with Crippen molar-refractivity contribution < 1.29 is 23.8 Å². The minimum atomic E-state index is -1.14. The van der Waals surface area contributed by atoms with Gasteiger partial charge in [-0.25, -0.2) is 9.59 Å². The summed E-state index contributed by atoms with van der Waals surface area (Å²) in [5.41, 5.74) is 1.38. The molecule has 1 atom stereocenters. The van der Waals surface area contributed by atoms with E-state index in [0.717, 1.165) is 5.56 Å². The lowest BCUT2D eigenvalue weighted by Crippen LogP contribution is -2.43. The molecular formula is C23H22ClNO6S. The van der Waals surface area contributed by atoms with Gasteiger partial charge in [-0.15, -0.1) is 0 Å². The van der Waals surface area contributed by atoms with Gasteiger partial charge in [0, 0.05) is 23.0 Å². The van der Waals surface area contributed by atoms with Gasteiger partial charge in [-0.05, 0) is 24.1 Å². The number of ether oxygens (including phenoxy) is 1. The predicted octanol–water partition coefficient (Wildman–Crippen LogP) is 3.81. The van der Waals surface area contributed by atoms with Crippen molar-refractivity contribution in [2.75, 3.05) is 12.9 Å². The SMILES string of the molecule is COc1cc2oc(=O)c(CC(=O)NC(CSCc3ccccc3)C(=O)O)c(C)c2cc1Cl. The largest absolute Gasteiger partial charge is 0.495 e. The Morgan fingerprint density at radius 2 is 1.97 bits per heavy atom. The first kappa shape index (κ1) is 23.7. The number of carbonyl (C=O) groups is 2. The minimum absolute atomic E-state index is 0.150. The second kappa shape index (κ2) is 10.6. The molecule has 3 aromatic rings. The van der Waals surface area contributed by atoms with E-state index < -0.39 is 23.5 Å². The van der Waals surface area contributed by atoms with Gasteiger partial charge in [0.15, 0.2) is 0 Å². The van der Waals surface area contributed by atoms with Crippen molar-refractivity contribution in [3.63, 3.8) is 0 Å². The summed E-state index contributed by atoms with van der Waals surface area (Å²) >= 11 is 7.58. The number of aliphatic carboxylic acids is 1. The van der Waals surface area contributed by atoms with Crippen LogP contribution in [0.5, 0.6) is 5.75 Å². The molecule has 1 amide bonds. The number of hydrogen-bond donors (Lipinski definition) is 2. The lowest BCUT2D eigenvalue weighted by Gasteiger charge is -2.15. The van der Waals surface area contributed by atoms with Crippen LogP contribution < -0.4 is 15.7 Å². The van der Waals surface area contributed by atoms with E-state index in [0.29, 0.717) is 33.1 Å². The molecule has 0 spiro atoms. The van der Waals surface area contributed by atoms with Crippen LogP contribution in [-0.4, -0.2) is 35.9 Å². The number of thioether (sulfide) groups is 1. The first-order valence-electron chi connectivity index (χ1n) is 9.73. The molecule has 0 aliphatic carbocycles. The molecule has 0 aliphatic heterocycles. The number of aryl methyl sites for hydroxylation is 1. The molecule has 32 heavy (non-hydrogen) atoms.